The first-order valence-electron chi connectivity index (χ1n) is 3.94. The van der Waals surface area contributed by atoms with E-state index in [-0.39, 0.29) is 17.9 Å². The predicted molar refractivity (Wildman–Crippen MR) is 60.8 cm³/mol. The Labute approximate surface area is 99.4 Å². The number of carbonyl (C=O) groups is 2. The lowest BCUT2D eigenvalue weighted by atomic mass is 10.2. The van der Waals surface area contributed by atoms with Crippen LogP contribution in [0.5, 0.6) is 5.75 Å². The van der Waals surface area contributed by atoms with Crippen LogP contribution in [0.1, 0.15) is 10.4 Å². The molecule has 0 saturated carbocycles. The lowest BCUT2D eigenvalue weighted by Crippen LogP contribution is -2.20. The van der Waals surface area contributed by atoms with Crippen LogP contribution in [-0.2, 0) is 4.79 Å². The highest BCUT2D eigenvalue weighted by atomic mass is 127. The van der Waals surface area contributed by atoms with Gasteiger partial charge in [0.2, 0.25) is 0 Å². The van der Waals surface area contributed by atoms with Gasteiger partial charge in [-0.15, -0.1) is 0 Å². The Bertz CT molecular complexity index is 405. The number of benzene rings is 1. The molecule has 0 aromatic heterocycles. The minimum absolute atomic E-state index is 0.0168. The number of halogens is 1. The Morgan fingerprint density at radius 1 is 1.47 bits per heavy atom. The molecule has 1 aromatic rings. The SMILES string of the molecule is NC(=O)COc1ccc(I)cc1C(=O)O. The molecule has 0 fully saturated rings. The van der Waals surface area contributed by atoms with Crippen molar-refractivity contribution in [2.75, 3.05) is 6.61 Å². The minimum Gasteiger partial charge on any atom is -0.483 e. The molecule has 0 saturated heterocycles. The number of aromatic carboxylic acids is 1. The van der Waals surface area contributed by atoms with Crippen molar-refractivity contribution < 1.29 is 19.4 Å². The van der Waals surface area contributed by atoms with Gasteiger partial charge in [0.25, 0.3) is 5.91 Å². The van der Waals surface area contributed by atoms with E-state index < -0.39 is 11.9 Å². The second kappa shape index (κ2) is 4.96. The van der Waals surface area contributed by atoms with E-state index in [1.807, 2.05) is 22.6 Å². The quantitative estimate of drug-likeness (QED) is 0.805. The molecule has 5 nitrogen and oxygen atoms in total. The van der Waals surface area contributed by atoms with Crippen LogP contribution in [0.25, 0.3) is 0 Å². The first-order chi connectivity index (χ1) is 7.00. The van der Waals surface area contributed by atoms with Crippen molar-refractivity contribution in [2.24, 2.45) is 5.73 Å². The summed E-state index contributed by atoms with van der Waals surface area (Å²) in [6.07, 6.45) is 0. The molecule has 0 aliphatic rings. The summed E-state index contributed by atoms with van der Waals surface area (Å²) < 4.78 is 5.73. The highest BCUT2D eigenvalue weighted by molar-refractivity contribution is 14.1. The first-order valence-corrected chi connectivity index (χ1v) is 5.02. The molecule has 80 valence electrons. The molecule has 15 heavy (non-hydrogen) atoms. The standard InChI is InChI=1S/C9H8INO4/c10-5-1-2-7(15-4-8(11)12)6(3-5)9(13)14/h1-3H,4H2,(H2,11,12)(H,13,14). The number of carboxylic acid groups (broad SMARTS) is 1. The summed E-state index contributed by atoms with van der Waals surface area (Å²) in [5.74, 6) is -1.61. The zero-order valence-corrected chi connectivity index (χ0v) is 9.72. The van der Waals surface area contributed by atoms with Gasteiger partial charge in [-0.2, -0.15) is 0 Å². The lowest BCUT2D eigenvalue weighted by molar-refractivity contribution is -0.119. The van der Waals surface area contributed by atoms with E-state index in [9.17, 15) is 9.59 Å². The van der Waals surface area contributed by atoms with E-state index in [0.29, 0.717) is 0 Å². The maximum absolute atomic E-state index is 10.8. The number of carbonyl (C=O) groups excluding carboxylic acids is 1. The molecule has 1 rings (SSSR count). The van der Waals surface area contributed by atoms with Gasteiger partial charge in [0.15, 0.2) is 6.61 Å². The van der Waals surface area contributed by atoms with Gasteiger partial charge in [0, 0.05) is 3.57 Å². The van der Waals surface area contributed by atoms with Crippen LogP contribution in [0.2, 0.25) is 0 Å². The number of carboxylic acids is 1. The lowest BCUT2D eigenvalue weighted by Gasteiger charge is -2.07. The number of primary amides is 1. The first kappa shape index (κ1) is 11.8. The molecule has 0 heterocycles. The third-order valence-corrected chi connectivity index (χ3v) is 2.21. The molecule has 0 bridgehead atoms. The Kier molecular flexibility index (Phi) is 3.89. The van der Waals surface area contributed by atoms with Gasteiger partial charge in [-0.1, -0.05) is 0 Å². The fourth-order valence-corrected chi connectivity index (χ4v) is 1.44. The zero-order chi connectivity index (χ0) is 11.4. The van der Waals surface area contributed by atoms with Crippen LogP contribution < -0.4 is 10.5 Å². The summed E-state index contributed by atoms with van der Waals surface area (Å²) in [6.45, 7) is -0.332. The van der Waals surface area contributed by atoms with E-state index in [1.54, 1.807) is 6.07 Å². The summed E-state index contributed by atoms with van der Waals surface area (Å²) in [7, 11) is 0. The molecule has 0 atom stereocenters. The van der Waals surface area contributed by atoms with Crippen molar-refractivity contribution in [1.82, 2.24) is 0 Å². The van der Waals surface area contributed by atoms with Crippen molar-refractivity contribution in [3.63, 3.8) is 0 Å². The molecular formula is C9H8INO4. The topological polar surface area (TPSA) is 89.6 Å². The molecule has 0 aliphatic carbocycles. The fraction of sp³-hybridized carbons (Fsp3) is 0.111. The molecule has 0 aliphatic heterocycles. The number of ether oxygens (including phenoxy) is 1. The summed E-state index contributed by atoms with van der Waals surface area (Å²) in [5, 5.41) is 8.86. The van der Waals surface area contributed by atoms with Crippen LogP contribution in [0.15, 0.2) is 18.2 Å². The smallest absolute Gasteiger partial charge is 0.339 e. The summed E-state index contributed by atoms with van der Waals surface area (Å²) >= 11 is 1.99. The van der Waals surface area contributed by atoms with Crippen LogP contribution in [0, 0.1) is 3.57 Å². The second-order valence-corrected chi connectivity index (χ2v) is 3.95. The molecule has 3 N–H and O–H groups in total. The van der Waals surface area contributed by atoms with Crippen molar-refractivity contribution in [1.29, 1.82) is 0 Å². The van der Waals surface area contributed by atoms with Gasteiger partial charge >= 0.3 is 5.97 Å². The fourth-order valence-electron chi connectivity index (χ4n) is 0.944. The van der Waals surface area contributed by atoms with E-state index in [0.717, 1.165) is 3.57 Å². The highest BCUT2D eigenvalue weighted by Crippen LogP contribution is 2.21. The van der Waals surface area contributed by atoms with Gasteiger partial charge < -0.3 is 15.6 Å². The van der Waals surface area contributed by atoms with Gasteiger partial charge in [-0.25, -0.2) is 4.79 Å². The Hall–Kier alpha value is -1.31. The zero-order valence-electron chi connectivity index (χ0n) is 7.57. The molecular weight excluding hydrogens is 313 g/mol. The maximum atomic E-state index is 10.8. The number of nitrogens with two attached hydrogens (primary N) is 1. The Morgan fingerprint density at radius 2 is 2.13 bits per heavy atom. The minimum atomic E-state index is -1.10. The van der Waals surface area contributed by atoms with Gasteiger partial charge in [-0.3, -0.25) is 4.79 Å². The van der Waals surface area contributed by atoms with E-state index in [4.69, 9.17) is 15.6 Å². The van der Waals surface area contributed by atoms with Crippen molar-refractivity contribution >= 4 is 34.5 Å². The van der Waals surface area contributed by atoms with Gasteiger partial charge in [-0.05, 0) is 40.8 Å². The molecule has 1 amide bonds. The average molecular weight is 321 g/mol. The molecule has 0 radical (unpaired) electrons. The van der Waals surface area contributed by atoms with Crippen molar-refractivity contribution in [3.05, 3.63) is 27.3 Å². The second-order valence-electron chi connectivity index (χ2n) is 2.70. The molecule has 0 spiro atoms. The van der Waals surface area contributed by atoms with Crippen LogP contribution in [-0.4, -0.2) is 23.6 Å². The van der Waals surface area contributed by atoms with Crippen LogP contribution in [0.4, 0.5) is 0 Å². The van der Waals surface area contributed by atoms with Crippen molar-refractivity contribution in [2.45, 2.75) is 0 Å². The van der Waals surface area contributed by atoms with Crippen LogP contribution >= 0.6 is 22.6 Å². The molecule has 0 unspecified atom stereocenters. The third kappa shape index (κ3) is 3.39. The number of hydrogen-bond donors (Lipinski definition) is 2. The summed E-state index contributed by atoms with van der Waals surface area (Å²) in [5.41, 5.74) is 4.90. The van der Waals surface area contributed by atoms with E-state index in [1.165, 1.54) is 12.1 Å². The molecule has 6 heteroatoms. The van der Waals surface area contributed by atoms with Crippen molar-refractivity contribution in [3.8, 4) is 5.75 Å². The van der Waals surface area contributed by atoms with Gasteiger partial charge in [0.1, 0.15) is 11.3 Å². The largest absolute Gasteiger partial charge is 0.483 e. The van der Waals surface area contributed by atoms with Crippen LogP contribution in [0.3, 0.4) is 0 Å². The van der Waals surface area contributed by atoms with E-state index >= 15 is 0 Å². The Balaban J connectivity index is 2.95. The van der Waals surface area contributed by atoms with E-state index in [2.05, 4.69) is 0 Å². The maximum Gasteiger partial charge on any atom is 0.339 e. The highest BCUT2D eigenvalue weighted by Gasteiger charge is 2.12. The summed E-state index contributed by atoms with van der Waals surface area (Å²) in [6, 6.07) is 4.64. The summed E-state index contributed by atoms with van der Waals surface area (Å²) in [4.78, 5) is 21.3. The monoisotopic (exact) mass is 321 g/mol. The third-order valence-electron chi connectivity index (χ3n) is 1.54. The number of rotatable bonds is 4. The number of hydrogen-bond acceptors (Lipinski definition) is 3. The normalized spacial score (nSPS) is 9.67. The number of amides is 1. The average Bonchev–Trinajstić information content (AvgIpc) is 2.15. The van der Waals surface area contributed by atoms with Gasteiger partial charge in [0.05, 0.1) is 0 Å². The predicted octanol–water partition coefficient (Wildman–Crippen LogP) is 0.853. The molecule has 1 aromatic carbocycles. The Morgan fingerprint density at radius 3 is 2.67 bits per heavy atom.